The molecule has 3 N–H and O–H groups in total. The summed E-state index contributed by atoms with van der Waals surface area (Å²) in [5.41, 5.74) is 7.91. The predicted octanol–water partition coefficient (Wildman–Crippen LogP) is 3.76. The molecule has 0 aliphatic carbocycles. The number of unbranched alkanes of at least 4 members (excludes halogenated alkanes) is 2. The maximum atomic E-state index is 5.98. The van der Waals surface area contributed by atoms with E-state index in [2.05, 4.69) is 16.6 Å². The normalized spacial score (nSPS) is 10.8. The van der Waals surface area contributed by atoms with Crippen LogP contribution in [0.3, 0.4) is 0 Å². The van der Waals surface area contributed by atoms with E-state index in [-0.39, 0.29) is 0 Å². The van der Waals surface area contributed by atoms with Crippen LogP contribution in [0.2, 0.25) is 0 Å². The lowest BCUT2D eigenvalue weighted by atomic mass is 10.1. The zero-order valence-electron chi connectivity index (χ0n) is 11.4. The minimum atomic E-state index is 0.808. The zero-order chi connectivity index (χ0) is 13.5. The average Bonchev–Trinajstić information content (AvgIpc) is 2.45. The van der Waals surface area contributed by atoms with Crippen LogP contribution in [-0.4, -0.2) is 23.5 Å². The molecule has 0 unspecified atom stereocenters. The van der Waals surface area contributed by atoms with Crippen molar-refractivity contribution >= 4 is 33.9 Å². The fraction of sp³-hybridized carbons (Fsp3) is 0.400. The van der Waals surface area contributed by atoms with E-state index in [0.717, 1.165) is 28.7 Å². The second-order valence-electron chi connectivity index (χ2n) is 4.60. The van der Waals surface area contributed by atoms with Crippen LogP contribution in [0.15, 0.2) is 30.6 Å². The van der Waals surface area contributed by atoms with Crippen molar-refractivity contribution in [1.29, 1.82) is 0 Å². The number of nitrogen functional groups attached to an aromatic ring is 1. The van der Waals surface area contributed by atoms with Gasteiger partial charge in [0.25, 0.3) is 0 Å². The number of rotatable bonds is 7. The highest BCUT2D eigenvalue weighted by Crippen LogP contribution is 2.27. The van der Waals surface area contributed by atoms with E-state index in [9.17, 15) is 0 Å². The van der Waals surface area contributed by atoms with Crippen LogP contribution in [0.5, 0.6) is 0 Å². The molecule has 1 heterocycles. The van der Waals surface area contributed by atoms with Crippen LogP contribution in [0.4, 0.5) is 11.4 Å². The summed E-state index contributed by atoms with van der Waals surface area (Å²) in [4.78, 5) is 4.19. The smallest absolute Gasteiger partial charge is 0.0437 e. The van der Waals surface area contributed by atoms with Gasteiger partial charge < -0.3 is 11.1 Å². The Morgan fingerprint density at radius 1 is 1.16 bits per heavy atom. The standard InChI is InChI=1S/C15H21N3S/c1-19-10-4-2-3-8-18-15-6-5-14(16)12-7-9-17-11-13(12)15/h5-7,9,11,18H,2-4,8,10,16H2,1H3. The fourth-order valence-electron chi connectivity index (χ4n) is 2.14. The molecule has 102 valence electrons. The van der Waals surface area contributed by atoms with Crippen molar-refractivity contribution in [3.8, 4) is 0 Å². The lowest BCUT2D eigenvalue weighted by molar-refractivity contribution is 0.750. The first kappa shape index (κ1) is 14.0. The number of nitrogens with two attached hydrogens (primary N) is 1. The quantitative estimate of drug-likeness (QED) is 0.596. The molecule has 0 saturated carbocycles. The van der Waals surface area contributed by atoms with Crippen molar-refractivity contribution in [2.24, 2.45) is 0 Å². The molecule has 0 atom stereocenters. The van der Waals surface area contributed by atoms with Crippen LogP contribution in [0.25, 0.3) is 10.8 Å². The molecule has 1 aromatic heterocycles. The van der Waals surface area contributed by atoms with Gasteiger partial charge in [-0.25, -0.2) is 0 Å². The van der Waals surface area contributed by atoms with Crippen molar-refractivity contribution in [3.05, 3.63) is 30.6 Å². The topological polar surface area (TPSA) is 50.9 Å². The molecule has 0 amide bonds. The van der Waals surface area contributed by atoms with E-state index in [1.54, 1.807) is 6.20 Å². The Balaban J connectivity index is 1.96. The van der Waals surface area contributed by atoms with E-state index < -0.39 is 0 Å². The van der Waals surface area contributed by atoms with Crippen molar-refractivity contribution in [2.75, 3.05) is 29.6 Å². The third kappa shape index (κ3) is 3.77. The number of anilines is 2. The van der Waals surface area contributed by atoms with Gasteiger partial charge in [0, 0.05) is 41.1 Å². The van der Waals surface area contributed by atoms with Gasteiger partial charge in [0.05, 0.1) is 0 Å². The van der Waals surface area contributed by atoms with Gasteiger partial charge >= 0.3 is 0 Å². The molecule has 0 radical (unpaired) electrons. The number of thioether (sulfide) groups is 1. The predicted molar refractivity (Wildman–Crippen MR) is 86.9 cm³/mol. The fourth-order valence-corrected chi connectivity index (χ4v) is 2.63. The van der Waals surface area contributed by atoms with Crippen LogP contribution >= 0.6 is 11.8 Å². The molecule has 0 aliphatic rings. The van der Waals surface area contributed by atoms with Crippen molar-refractivity contribution in [2.45, 2.75) is 19.3 Å². The number of aromatic nitrogens is 1. The summed E-state index contributed by atoms with van der Waals surface area (Å²) in [6.07, 6.45) is 9.59. The van der Waals surface area contributed by atoms with Crippen LogP contribution < -0.4 is 11.1 Å². The molecule has 0 aliphatic heterocycles. The Hall–Kier alpha value is -1.42. The first-order chi connectivity index (χ1) is 9.33. The van der Waals surface area contributed by atoms with Gasteiger partial charge in [-0.1, -0.05) is 6.42 Å². The summed E-state index contributed by atoms with van der Waals surface area (Å²) >= 11 is 1.92. The lowest BCUT2D eigenvalue weighted by Gasteiger charge is -2.10. The highest BCUT2D eigenvalue weighted by Gasteiger charge is 2.03. The summed E-state index contributed by atoms with van der Waals surface area (Å²) in [7, 11) is 0. The monoisotopic (exact) mass is 275 g/mol. The van der Waals surface area contributed by atoms with Gasteiger partial charge in [-0.15, -0.1) is 0 Å². The first-order valence-corrected chi connectivity index (χ1v) is 8.07. The van der Waals surface area contributed by atoms with Gasteiger partial charge in [-0.05, 0) is 43.0 Å². The summed E-state index contributed by atoms with van der Waals surface area (Å²) in [5, 5.41) is 5.66. The Labute approximate surface area is 119 Å². The minimum Gasteiger partial charge on any atom is -0.398 e. The molecule has 0 bridgehead atoms. The summed E-state index contributed by atoms with van der Waals surface area (Å²) < 4.78 is 0. The molecule has 3 nitrogen and oxygen atoms in total. The Bertz CT molecular complexity index is 528. The Kier molecular flexibility index (Phi) is 5.33. The molecule has 1 aromatic carbocycles. The molecule has 19 heavy (non-hydrogen) atoms. The second kappa shape index (κ2) is 7.24. The van der Waals surface area contributed by atoms with Gasteiger partial charge in [-0.2, -0.15) is 11.8 Å². The third-order valence-electron chi connectivity index (χ3n) is 3.19. The molecule has 0 saturated heterocycles. The van der Waals surface area contributed by atoms with E-state index >= 15 is 0 Å². The van der Waals surface area contributed by atoms with Gasteiger partial charge in [-0.3, -0.25) is 4.98 Å². The molecular formula is C15H21N3S. The number of nitrogens with zero attached hydrogens (tertiary/aromatic N) is 1. The maximum Gasteiger partial charge on any atom is 0.0437 e. The van der Waals surface area contributed by atoms with Crippen LogP contribution in [0, 0.1) is 0 Å². The highest BCUT2D eigenvalue weighted by molar-refractivity contribution is 7.98. The van der Waals surface area contributed by atoms with Crippen LogP contribution in [-0.2, 0) is 0 Å². The highest BCUT2D eigenvalue weighted by atomic mass is 32.2. The van der Waals surface area contributed by atoms with Gasteiger partial charge in [0.2, 0.25) is 0 Å². The molecule has 2 rings (SSSR count). The number of nitrogens with one attached hydrogen (secondary N) is 1. The minimum absolute atomic E-state index is 0.808. The summed E-state index contributed by atoms with van der Waals surface area (Å²) in [5.74, 6) is 1.26. The Morgan fingerprint density at radius 2 is 2.05 bits per heavy atom. The molecule has 2 aromatic rings. The number of benzene rings is 1. The Morgan fingerprint density at radius 3 is 2.89 bits per heavy atom. The van der Waals surface area contributed by atoms with E-state index in [1.165, 1.54) is 25.0 Å². The molecule has 0 fully saturated rings. The van der Waals surface area contributed by atoms with E-state index in [4.69, 9.17) is 5.73 Å². The van der Waals surface area contributed by atoms with Gasteiger partial charge in [0.15, 0.2) is 0 Å². The summed E-state index contributed by atoms with van der Waals surface area (Å²) in [6.45, 7) is 1.00. The molecular weight excluding hydrogens is 254 g/mol. The maximum absolute atomic E-state index is 5.98. The largest absolute Gasteiger partial charge is 0.398 e. The van der Waals surface area contributed by atoms with Gasteiger partial charge in [0.1, 0.15) is 0 Å². The zero-order valence-corrected chi connectivity index (χ0v) is 12.2. The SMILES string of the molecule is CSCCCCCNc1ccc(N)c2ccncc12. The molecule has 0 spiro atoms. The first-order valence-electron chi connectivity index (χ1n) is 6.68. The van der Waals surface area contributed by atoms with E-state index in [1.807, 2.05) is 36.2 Å². The second-order valence-corrected chi connectivity index (χ2v) is 5.59. The number of hydrogen-bond donors (Lipinski definition) is 2. The number of fused-ring (bicyclic) bond motifs is 1. The number of pyridine rings is 1. The summed E-state index contributed by atoms with van der Waals surface area (Å²) in [6, 6.07) is 5.97. The van der Waals surface area contributed by atoms with Crippen molar-refractivity contribution in [3.63, 3.8) is 0 Å². The number of hydrogen-bond acceptors (Lipinski definition) is 4. The average molecular weight is 275 g/mol. The molecule has 4 heteroatoms. The van der Waals surface area contributed by atoms with Crippen molar-refractivity contribution in [1.82, 2.24) is 4.98 Å². The lowest BCUT2D eigenvalue weighted by Crippen LogP contribution is -2.03. The van der Waals surface area contributed by atoms with Crippen molar-refractivity contribution < 1.29 is 0 Å². The third-order valence-corrected chi connectivity index (χ3v) is 3.89. The van der Waals surface area contributed by atoms with E-state index in [0.29, 0.717) is 0 Å². The van der Waals surface area contributed by atoms with Crippen LogP contribution in [0.1, 0.15) is 19.3 Å².